The van der Waals surface area contributed by atoms with Gasteiger partial charge in [0, 0.05) is 38.3 Å². The van der Waals surface area contributed by atoms with Gasteiger partial charge in [0.05, 0.1) is 28.8 Å². The molecule has 3 N–H and O–H groups in total. The standard InChI is InChI=1S/C34H39ClFN7O5/c1-34(2,3)48-31(44)28-18-37-17-27-26(40-20-43(27)28)13-12-24(42(4)32(45)39-16-23-10-7-11-25(36)30(23)35)19-47-33(46)41-29-14-21-8-5-6-9-22(21)15-38-29/h5-11,14-15,20,24,28,37H,12-13,16-19H2,1-4H3,(H,39,45)(H,38,41,46)/t24-,28?/m0/s1. The van der Waals surface area contributed by atoms with Gasteiger partial charge in [-0.15, -0.1) is 0 Å². The van der Waals surface area contributed by atoms with Crippen molar-refractivity contribution in [2.24, 2.45) is 0 Å². The van der Waals surface area contributed by atoms with Crippen molar-refractivity contribution in [3.05, 3.63) is 88.8 Å². The summed E-state index contributed by atoms with van der Waals surface area (Å²) in [6, 6.07) is 12.1. The molecule has 48 heavy (non-hydrogen) atoms. The molecule has 0 radical (unpaired) electrons. The van der Waals surface area contributed by atoms with Crippen molar-refractivity contribution in [3.63, 3.8) is 0 Å². The number of halogens is 2. The first-order valence-electron chi connectivity index (χ1n) is 15.6. The quantitative estimate of drug-likeness (QED) is 0.184. The summed E-state index contributed by atoms with van der Waals surface area (Å²) < 4.78 is 27.0. The molecular weight excluding hydrogens is 641 g/mol. The van der Waals surface area contributed by atoms with Crippen LogP contribution in [0.2, 0.25) is 5.02 Å². The van der Waals surface area contributed by atoms with Gasteiger partial charge in [0.15, 0.2) is 0 Å². The number of rotatable bonds is 10. The minimum atomic E-state index is -0.730. The Bertz CT molecular complexity index is 1790. The first-order chi connectivity index (χ1) is 22.9. The molecule has 4 aromatic rings. The van der Waals surface area contributed by atoms with Crippen molar-refractivity contribution >= 4 is 46.3 Å². The monoisotopic (exact) mass is 679 g/mol. The number of hydrogen-bond acceptors (Lipinski definition) is 8. The molecule has 1 aliphatic heterocycles. The van der Waals surface area contributed by atoms with Gasteiger partial charge in [0.1, 0.15) is 29.9 Å². The Morgan fingerprint density at radius 3 is 2.69 bits per heavy atom. The topological polar surface area (TPSA) is 140 Å². The lowest BCUT2D eigenvalue weighted by atomic mass is 10.1. The van der Waals surface area contributed by atoms with Gasteiger partial charge >= 0.3 is 18.1 Å². The molecule has 0 spiro atoms. The zero-order valence-corrected chi connectivity index (χ0v) is 28.0. The second kappa shape index (κ2) is 15.0. The number of aryl methyl sites for hydroxylation is 1. The summed E-state index contributed by atoms with van der Waals surface area (Å²) in [5.74, 6) is -0.611. The Balaban J connectivity index is 1.27. The molecule has 2 aromatic carbocycles. The predicted molar refractivity (Wildman–Crippen MR) is 179 cm³/mol. The first-order valence-corrected chi connectivity index (χ1v) is 16.0. The number of ether oxygens (including phenoxy) is 2. The molecule has 3 heterocycles. The molecule has 2 aromatic heterocycles. The van der Waals surface area contributed by atoms with Crippen LogP contribution in [0.1, 0.15) is 50.2 Å². The van der Waals surface area contributed by atoms with Crippen LogP contribution >= 0.6 is 11.6 Å². The van der Waals surface area contributed by atoms with Crippen LogP contribution in [-0.2, 0) is 33.8 Å². The van der Waals surface area contributed by atoms with Crippen LogP contribution in [0.5, 0.6) is 0 Å². The van der Waals surface area contributed by atoms with Crippen LogP contribution < -0.4 is 16.0 Å². The molecule has 0 saturated carbocycles. The Labute approximate surface area is 283 Å². The molecule has 2 atom stereocenters. The number of amides is 3. The van der Waals surface area contributed by atoms with Gasteiger partial charge in [-0.05, 0) is 56.7 Å². The average molecular weight is 680 g/mol. The van der Waals surface area contributed by atoms with Crippen molar-refractivity contribution in [2.75, 3.05) is 25.5 Å². The van der Waals surface area contributed by atoms with E-state index in [1.54, 1.807) is 31.7 Å². The second-order valence-corrected chi connectivity index (χ2v) is 12.9. The van der Waals surface area contributed by atoms with Gasteiger partial charge in [-0.1, -0.05) is 48.0 Å². The summed E-state index contributed by atoms with van der Waals surface area (Å²) in [7, 11) is 1.59. The number of fused-ring (bicyclic) bond motifs is 2. The lowest BCUT2D eigenvalue weighted by Crippen LogP contribution is -2.46. The van der Waals surface area contributed by atoms with E-state index in [4.69, 9.17) is 21.1 Å². The van der Waals surface area contributed by atoms with Crippen molar-refractivity contribution < 1.29 is 28.2 Å². The van der Waals surface area contributed by atoms with E-state index in [2.05, 4.69) is 25.9 Å². The van der Waals surface area contributed by atoms with Crippen LogP contribution in [-0.4, -0.2) is 69.4 Å². The molecule has 254 valence electrons. The highest BCUT2D eigenvalue weighted by molar-refractivity contribution is 6.31. The fraction of sp³-hybridized carbons (Fsp3) is 0.382. The van der Waals surface area contributed by atoms with E-state index in [0.717, 1.165) is 22.2 Å². The minimum Gasteiger partial charge on any atom is -0.458 e. The Kier molecular flexibility index (Phi) is 10.8. The lowest BCUT2D eigenvalue weighted by Gasteiger charge is -2.29. The third-order valence-corrected chi connectivity index (χ3v) is 8.36. The second-order valence-electron chi connectivity index (χ2n) is 12.5. The number of likely N-dealkylation sites (N-methyl/N-ethyl adjacent to an activating group) is 1. The maximum atomic E-state index is 13.9. The van der Waals surface area contributed by atoms with Gasteiger partial charge in [-0.2, -0.15) is 0 Å². The van der Waals surface area contributed by atoms with Gasteiger partial charge in [0.25, 0.3) is 0 Å². The van der Waals surface area contributed by atoms with E-state index < -0.39 is 35.6 Å². The maximum absolute atomic E-state index is 13.9. The van der Waals surface area contributed by atoms with E-state index in [9.17, 15) is 18.8 Å². The van der Waals surface area contributed by atoms with E-state index in [1.165, 1.54) is 17.0 Å². The Morgan fingerprint density at radius 2 is 1.92 bits per heavy atom. The third kappa shape index (κ3) is 8.58. The summed E-state index contributed by atoms with van der Waals surface area (Å²) in [6.07, 6.45) is 3.35. The molecular formula is C34H39ClFN7O5. The van der Waals surface area contributed by atoms with Crippen molar-refractivity contribution in [1.29, 1.82) is 0 Å². The minimum absolute atomic E-state index is 0.00621. The zero-order valence-electron chi connectivity index (χ0n) is 27.3. The number of carbonyl (C=O) groups excluding carboxylic acids is 3. The highest BCUT2D eigenvalue weighted by Crippen LogP contribution is 2.24. The smallest absolute Gasteiger partial charge is 0.412 e. The third-order valence-electron chi connectivity index (χ3n) is 7.94. The zero-order chi connectivity index (χ0) is 34.4. The summed E-state index contributed by atoms with van der Waals surface area (Å²) in [4.78, 5) is 49.3. The molecule has 0 bridgehead atoms. The number of anilines is 1. The number of imidazole rings is 1. The Hall–Kier alpha value is -4.75. The fourth-order valence-electron chi connectivity index (χ4n) is 5.39. The molecule has 1 unspecified atom stereocenters. The van der Waals surface area contributed by atoms with Crippen molar-refractivity contribution in [1.82, 2.24) is 30.1 Å². The van der Waals surface area contributed by atoms with Crippen LogP contribution in [0.15, 0.2) is 61.1 Å². The van der Waals surface area contributed by atoms with E-state index in [1.807, 2.05) is 49.6 Å². The number of esters is 1. The van der Waals surface area contributed by atoms with E-state index in [0.29, 0.717) is 37.3 Å². The highest BCUT2D eigenvalue weighted by atomic mass is 35.5. The molecule has 14 heteroatoms. The number of pyridine rings is 1. The average Bonchev–Trinajstić information content (AvgIpc) is 3.47. The molecule has 1 aliphatic rings. The van der Waals surface area contributed by atoms with Crippen LogP contribution in [0, 0.1) is 5.82 Å². The molecule has 0 saturated heterocycles. The summed E-state index contributed by atoms with van der Waals surface area (Å²) in [5.41, 5.74) is 1.37. The van der Waals surface area contributed by atoms with Crippen LogP contribution in [0.3, 0.4) is 0 Å². The number of carbonyl (C=O) groups is 3. The van der Waals surface area contributed by atoms with Gasteiger partial charge in [0.2, 0.25) is 0 Å². The van der Waals surface area contributed by atoms with E-state index in [-0.39, 0.29) is 24.1 Å². The summed E-state index contributed by atoms with van der Waals surface area (Å²) in [5, 5.41) is 10.4. The maximum Gasteiger partial charge on any atom is 0.412 e. The van der Waals surface area contributed by atoms with Crippen LogP contribution in [0.4, 0.5) is 19.8 Å². The number of hydrogen-bond donors (Lipinski definition) is 3. The first kappa shape index (κ1) is 34.6. The normalized spacial score (nSPS) is 14.9. The van der Waals surface area contributed by atoms with Gasteiger partial charge < -0.3 is 29.6 Å². The van der Waals surface area contributed by atoms with Crippen molar-refractivity contribution in [2.45, 2.75) is 64.4 Å². The van der Waals surface area contributed by atoms with Crippen LogP contribution in [0.25, 0.3) is 10.8 Å². The molecule has 0 fully saturated rings. The molecule has 3 amide bonds. The van der Waals surface area contributed by atoms with Gasteiger partial charge in [-0.3, -0.25) is 5.32 Å². The highest BCUT2D eigenvalue weighted by Gasteiger charge is 2.32. The molecule has 5 rings (SSSR count). The summed E-state index contributed by atoms with van der Waals surface area (Å²) in [6.45, 7) is 6.23. The number of benzene rings is 2. The van der Waals surface area contributed by atoms with E-state index >= 15 is 0 Å². The number of urea groups is 1. The molecule has 12 nitrogen and oxygen atoms in total. The molecule has 0 aliphatic carbocycles. The predicted octanol–water partition coefficient (Wildman–Crippen LogP) is 5.60. The fourth-order valence-corrected chi connectivity index (χ4v) is 5.58. The van der Waals surface area contributed by atoms with Crippen molar-refractivity contribution in [3.8, 4) is 0 Å². The number of aromatic nitrogens is 3. The lowest BCUT2D eigenvalue weighted by molar-refractivity contribution is -0.159. The van der Waals surface area contributed by atoms with Gasteiger partial charge in [-0.25, -0.2) is 28.7 Å². The Morgan fingerprint density at radius 1 is 1.15 bits per heavy atom. The number of nitrogens with zero attached hydrogens (tertiary/aromatic N) is 4. The summed E-state index contributed by atoms with van der Waals surface area (Å²) >= 11 is 6.08. The number of nitrogens with one attached hydrogen (secondary N) is 3. The largest absolute Gasteiger partial charge is 0.458 e. The SMILES string of the molecule is CN(C(=O)NCc1cccc(F)c1Cl)[C@@H](CCc1ncn2c1CNCC2C(=O)OC(C)(C)C)COC(=O)Nc1cc2ccccc2cn1.